The number of benzene rings is 4. The normalized spacial score (nSPS) is 9.25. The molecule has 0 aromatic heterocycles. The molecule has 4 aromatic carbocycles. The zero-order chi connectivity index (χ0) is 22.6. The van der Waals surface area contributed by atoms with Gasteiger partial charge in [-0.1, -0.05) is 64.5 Å². The number of nitriles is 1. The molecular formula is C26H22BrN2NaO2. The molecule has 4 rings (SSSR count). The first-order chi connectivity index (χ1) is 15.2. The quantitative estimate of drug-likeness (QED) is 0.245. The number of ether oxygens (including phenoxy) is 2. The van der Waals surface area contributed by atoms with Crippen molar-refractivity contribution in [3.63, 3.8) is 0 Å². The molecule has 0 aliphatic rings. The van der Waals surface area contributed by atoms with E-state index in [1.807, 2.05) is 48.5 Å². The fraction of sp³-hybridized carbons (Fsp3) is 0.154. The zero-order valence-corrected chi connectivity index (χ0v) is 22.0. The van der Waals surface area contributed by atoms with Crippen LogP contribution in [0.4, 0.5) is 0 Å². The summed E-state index contributed by atoms with van der Waals surface area (Å²) in [5.41, 5.74) is 2.35. The molecule has 6 heteroatoms. The molecule has 4 nitrogen and oxygen atoms in total. The van der Waals surface area contributed by atoms with Gasteiger partial charge in [-0.2, -0.15) is 5.26 Å². The van der Waals surface area contributed by atoms with E-state index < -0.39 is 0 Å². The van der Waals surface area contributed by atoms with Crippen LogP contribution in [0.3, 0.4) is 0 Å². The van der Waals surface area contributed by atoms with Crippen molar-refractivity contribution < 1.29 is 39.0 Å². The summed E-state index contributed by atoms with van der Waals surface area (Å²) < 4.78 is 10.3. The number of hydrogen-bond donors (Lipinski definition) is 0. The van der Waals surface area contributed by atoms with Gasteiger partial charge in [-0.3, -0.25) is 0 Å². The van der Waals surface area contributed by atoms with Crippen molar-refractivity contribution in [1.82, 2.24) is 0 Å². The van der Waals surface area contributed by atoms with Gasteiger partial charge in [0.2, 0.25) is 0 Å². The molecule has 0 heterocycles. The third-order valence-electron chi connectivity index (χ3n) is 4.66. The van der Waals surface area contributed by atoms with E-state index in [9.17, 15) is 0 Å². The summed E-state index contributed by atoms with van der Waals surface area (Å²) in [6, 6.07) is 26.7. The molecule has 0 amide bonds. The SMILES string of the molecule is COc1ccc2cc(CBr)ccc2c1.COc1ccc2cc(CC#N)ccc2c1.[C-]#N.[Na+]. The minimum atomic E-state index is 0. The Morgan fingerprint density at radius 1 is 0.719 bits per heavy atom. The van der Waals surface area contributed by atoms with Crippen molar-refractivity contribution >= 4 is 37.5 Å². The summed E-state index contributed by atoms with van der Waals surface area (Å²) in [5.74, 6) is 1.76. The first kappa shape index (κ1) is 27.5. The van der Waals surface area contributed by atoms with Gasteiger partial charge >= 0.3 is 29.6 Å². The maximum Gasteiger partial charge on any atom is 1.00 e. The molecule has 4 aromatic rings. The van der Waals surface area contributed by atoms with Gasteiger partial charge in [0.25, 0.3) is 0 Å². The van der Waals surface area contributed by atoms with Gasteiger partial charge in [0.1, 0.15) is 11.5 Å². The van der Waals surface area contributed by atoms with E-state index in [-0.39, 0.29) is 29.6 Å². The minimum Gasteiger partial charge on any atom is -0.512 e. The number of fused-ring (bicyclic) bond motifs is 2. The summed E-state index contributed by atoms with van der Waals surface area (Å²) in [6.45, 7) is 4.75. The van der Waals surface area contributed by atoms with Crippen molar-refractivity contribution in [1.29, 1.82) is 10.5 Å². The molecule has 0 spiro atoms. The second kappa shape index (κ2) is 14.5. The van der Waals surface area contributed by atoms with Crippen LogP contribution in [0.1, 0.15) is 11.1 Å². The van der Waals surface area contributed by atoms with Crippen molar-refractivity contribution in [2.24, 2.45) is 0 Å². The van der Waals surface area contributed by atoms with Gasteiger partial charge < -0.3 is 21.3 Å². The van der Waals surface area contributed by atoms with Gasteiger partial charge in [0, 0.05) is 5.33 Å². The Balaban J connectivity index is 0.000000289. The molecule has 0 saturated heterocycles. The van der Waals surface area contributed by atoms with Gasteiger partial charge in [0.15, 0.2) is 0 Å². The Morgan fingerprint density at radius 2 is 1.12 bits per heavy atom. The number of rotatable bonds is 4. The second-order valence-electron chi connectivity index (χ2n) is 6.56. The summed E-state index contributed by atoms with van der Waals surface area (Å²) in [7, 11) is 3.35. The van der Waals surface area contributed by atoms with E-state index in [1.54, 1.807) is 14.2 Å². The van der Waals surface area contributed by atoms with Gasteiger partial charge in [-0.05, 0) is 56.9 Å². The van der Waals surface area contributed by atoms with Crippen LogP contribution in [0.2, 0.25) is 0 Å². The second-order valence-corrected chi connectivity index (χ2v) is 7.12. The summed E-state index contributed by atoms with van der Waals surface area (Å²) >= 11 is 3.45. The Hall–Kier alpha value is -2.54. The van der Waals surface area contributed by atoms with Crippen LogP contribution in [-0.4, -0.2) is 14.2 Å². The van der Waals surface area contributed by atoms with Gasteiger partial charge in [-0.15, -0.1) is 0 Å². The molecule has 32 heavy (non-hydrogen) atoms. The first-order valence-electron chi connectivity index (χ1n) is 9.45. The van der Waals surface area contributed by atoms with E-state index in [2.05, 4.69) is 46.3 Å². The fourth-order valence-corrected chi connectivity index (χ4v) is 3.43. The van der Waals surface area contributed by atoms with Crippen molar-refractivity contribution in [3.8, 4) is 17.6 Å². The number of hydrogen-bond acceptors (Lipinski definition) is 4. The average Bonchev–Trinajstić information content (AvgIpc) is 2.84. The molecule has 0 aliphatic carbocycles. The molecule has 0 radical (unpaired) electrons. The Morgan fingerprint density at radius 3 is 1.56 bits per heavy atom. The Bertz CT molecular complexity index is 1180. The molecule has 0 bridgehead atoms. The van der Waals surface area contributed by atoms with Gasteiger partial charge in [-0.25, -0.2) is 0 Å². The van der Waals surface area contributed by atoms with Crippen LogP contribution in [0.5, 0.6) is 11.5 Å². The number of alkyl halides is 1. The molecule has 0 atom stereocenters. The molecule has 0 unspecified atom stereocenters. The van der Waals surface area contributed by atoms with E-state index >= 15 is 0 Å². The van der Waals surface area contributed by atoms with Crippen LogP contribution in [0.25, 0.3) is 21.5 Å². The molecular weight excluding hydrogens is 475 g/mol. The van der Waals surface area contributed by atoms with E-state index in [1.165, 1.54) is 16.3 Å². The molecule has 0 N–H and O–H groups in total. The molecule has 0 fully saturated rings. The molecule has 0 aliphatic heterocycles. The Labute approximate surface area is 219 Å². The summed E-state index contributed by atoms with van der Waals surface area (Å²) in [4.78, 5) is 0. The molecule has 156 valence electrons. The van der Waals surface area contributed by atoms with Crippen LogP contribution in [-0.2, 0) is 11.8 Å². The monoisotopic (exact) mass is 496 g/mol. The largest absolute Gasteiger partial charge is 1.00 e. The standard InChI is InChI=1S/C13H11NO.C12H11BrO.CN.Na/c1-15-13-5-4-11-8-10(6-7-14)2-3-12(11)9-13;1-14-12-5-4-10-6-9(8-13)2-3-11(10)7-12;1-2;/h2-5,8-9H,6H2,1H3;2-7H,8H2,1H3;;/q;;-1;+1. The maximum absolute atomic E-state index is 8.60. The van der Waals surface area contributed by atoms with Crippen LogP contribution in [0.15, 0.2) is 72.8 Å². The van der Waals surface area contributed by atoms with Crippen molar-refractivity contribution in [2.45, 2.75) is 11.8 Å². The van der Waals surface area contributed by atoms with Crippen molar-refractivity contribution in [2.75, 3.05) is 14.2 Å². The summed E-state index contributed by atoms with van der Waals surface area (Å²) in [6.07, 6.45) is 0.460. The van der Waals surface area contributed by atoms with Crippen LogP contribution < -0.4 is 39.0 Å². The molecule has 0 saturated carbocycles. The maximum atomic E-state index is 8.60. The van der Waals surface area contributed by atoms with E-state index in [0.29, 0.717) is 6.42 Å². The zero-order valence-electron chi connectivity index (χ0n) is 18.4. The van der Waals surface area contributed by atoms with E-state index in [4.69, 9.17) is 26.6 Å². The average molecular weight is 497 g/mol. The number of methoxy groups -OCH3 is 2. The number of halogens is 1. The van der Waals surface area contributed by atoms with Crippen LogP contribution >= 0.6 is 15.9 Å². The first-order valence-corrected chi connectivity index (χ1v) is 10.6. The van der Waals surface area contributed by atoms with Crippen LogP contribution in [0, 0.1) is 23.2 Å². The predicted molar refractivity (Wildman–Crippen MR) is 128 cm³/mol. The van der Waals surface area contributed by atoms with Gasteiger partial charge in [0.05, 0.1) is 26.7 Å². The topological polar surface area (TPSA) is 66.0 Å². The number of nitrogens with zero attached hydrogens (tertiary/aromatic N) is 2. The summed E-state index contributed by atoms with van der Waals surface area (Å²) in [5, 5.41) is 20.5. The minimum absolute atomic E-state index is 0. The Kier molecular flexibility index (Phi) is 12.5. The van der Waals surface area contributed by atoms with E-state index in [0.717, 1.165) is 33.2 Å². The predicted octanol–water partition coefficient (Wildman–Crippen LogP) is 3.76. The smallest absolute Gasteiger partial charge is 0.512 e. The third-order valence-corrected chi connectivity index (χ3v) is 5.31. The third kappa shape index (κ3) is 7.55. The fourth-order valence-electron chi connectivity index (χ4n) is 3.08. The van der Waals surface area contributed by atoms with Crippen molar-refractivity contribution in [3.05, 3.63) is 90.5 Å².